The zero-order valence-electron chi connectivity index (χ0n) is 14.0. The van der Waals surface area contributed by atoms with Gasteiger partial charge in [-0.3, -0.25) is 0 Å². The van der Waals surface area contributed by atoms with Crippen molar-refractivity contribution in [3.05, 3.63) is 109 Å². The fourth-order valence-electron chi connectivity index (χ4n) is 1.54. The van der Waals surface area contributed by atoms with Gasteiger partial charge in [0.25, 0.3) is 0 Å². The molecule has 1 aliphatic heterocycles. The monoisotopic (exact) mass is 330 g/mol. The Morgan fingerprint density at radius 1 is 0.458 bits per heavy atom. The van der Waals surface area contributed by atoms with Gasteiger partial charge in [-0.25, -0.2) is 0 Å². The van der Waals surface area contributed by atoms with Gasteiger partial charge < -0.3 is 4.74 Å². The van der Waals surface area contributed by atoms with Gasteiger partial charge in [0.1, 0.15) is 0 Å². The van der Waals surface area contributed by atoms with Crippen molar-refractivity contribution in [3.63, 3.8) is 0 Å². The van der Waals surface area contributed by atoms with E-state index in [1.165, 1.54) is 12.8 Å². The van der Waals surface area contributed by atoms with Crippen LogP contribution in [0.1, 0.15) is 12.8 Å². The summed E-state index contributed by atoms with van der Waals surface area (Å²) in [5, 5.41) is 0. The molecule has 3 aromatic carbocycles. The Hall–Kier alpha value is -1.85. The first-order chi connectivity index (χ1) is 11.5. The van der Waals surface area contributed by atoms with Gasteiger partial charge in [0.05, 0.1) is 0 Å². The van der Waals surface area contributed by atoms with Crippen LogP contribution in [-0.4, -0.2) is 30.6 Å². The first-order valence-corrected chi connectivity index (χ1v) is 7.81. The fourth-order valence-corrected chi connectivity index (χ4v) is 1.54. The summed E-state index contributed by atoms with van der Waals surface area (Å²) in [6.07, 6.45) is 2.56. The zero-order valence-corrected chi connectivity index (χ0v) is 15.1. The average molecular weight is 330 g/mol. The van der Waals surface area contributed by atoms with Crippen molar-refractivity contribution in [1.29, 1.82) is 0 Å². The Balaban J connectivity index is 0.000000291. The largest absolute Gasteiger partial charge is 3.00 e. The van der Waals surface area contributed by atoms with E-state index >= 15 is 0 Å². The quantitative estimate of drug-likeness (QED) is 0.422. The van der Waals surface area contributed by atoms with E-state index in [-0.39, 0.29) is 17.4 Å². The second-order valence-corrected chi connectivity index (χ2v) is 4.55. The van der Waals surface area contributed by atoms with Crippen LogP contribution in [0.25, 0.3) is 0 Å². The van der Waals surface area contributed by atoms with Crippen molar-refractivity contribution in [2.24, 2.45) is 0 Å². The van der Waals surface area contributed by atoms with Crippen molar-refractivity contribution in [3.8, 4) is 0 Å². The molecule has 0 radical (unpaired) electrons. The summed E-state index contributed by atoms with van der Waals surface area (Å²) in [6.45, 7) is 2.00. The fraction of sp³-hybridized carbons (Fsp3) is 0.182. The first kappa shape index (κ1) is 22.2. The van der Waals surface area contributed by atoms with E-state index in [9.17, 15) is 0 Å². The van der Waals surface area contributed by atoms with E-state index in [1.54, 1.807) is 0 Å². The Kier molecular flexibility index (Phi) is 17.7. The van der Waals surface area contributed by atoms with E-state index in [4.69, 9.17) is 4.74 Å². The Morgan fingerprint density at radius 2 is 0.750 bits per heavy atom. The zero-order chi connectivity index (χ0) is 16.3. The summed E-state index contributed by atoms with van der Waals surface area (Å²) < 4.78 is 4.94. The molecule has 1 heterocycles. The normalized spacial score (nSPS) is 11.0. The van der Waals surface area contributed by atoms with Gasteiger partial charge in [-0.1, -0.05) is 0 Å². The summed E-state index contributed by atoms with van der Waals surface area (Å²) >= 11 is 0. The van der Waals surface area contributed by atoms with Crippen LogP contribution in [0.4, 0.5) is 0 Å². The van der Waals surface area contributed by atoms with Gasteiger partial charge in [0.2, 0.25) is 0 Å². The second-order valence-electron chi connectivity index (χ2n) is 4.55. The molecular weight excluding hydrogens is 307 g/mol. The molecule has 1 nitrogen and oxygen atoms in total. The van der Waals surface area contributed by atoms with Crippen LogP contribution in [0.2, 0.25) is 0 Å². The maximum absolute atomic E-state index is 4.94. The molecule has 1 aliphatic rings. The summed E-state index contributed by atoms with van der Waals surface area (Å²) in [4.78, 5) is 0. The van der Waals surface area contributed by atoms with Gasteiger partial charge in [-0.2, -0.15) is 109 Å². The summed E-state index contributed by atoms with van der Waals surface area (Å²) in [7, 11) is 0. The van der Waals surface area contributed by atoms with Crippen molar-refractivity contribution >= 4 is 17.4 Å². The summed E-state index contributed by atoms with van der Waals surface area (Å²) in [5.41, 5.74) is 0. The van der Waals surface area contributed by atoms with Crippen LogP contribution < -0.4 is 0 Å². The standard InChI is InChI=1S/3C6H5.C4H8O.Al/c3*1-2-4-6-5-3-1;1-2-4-5-3-1;/h3*1-5H;1-4H2;/q3*-1;;+3. The molecule has 0 unspecified atom stereocenters. The second kappa shape index (κ2) is 19.2. The molecule has 0 aromatic heterocycles. The number of benzene rings is 3. The van der Waals surface area contributed by atoms with Crippen LogP contribution in [0, 0.1) is 18.2 Å². The molecule has 1 saturated heterocycles. The predicted molar refractivity (Wildman–Crippen MR) is 102 cm³/mol. The summed E-state index contributed by atoms with van der Waals surface area (Å²) in [5.74, 6) is 0. The van der Waals surface area contributed by atoms with Crippen molar-refractivity contribution < 1.29 is 4.74 Å². The van der Waals surface area contributed by atoms with E-state index < -0.39 is 0 Å². The third-order valence-electron chi connectivity index (χ3n) is 2.65. The van der Waals surface area contributed by atoms with Crippen LogP contribution in [0.3, 0.4) is 0 Å². The maximum atomic E-state index is 4.94. The Labute approximate surface area is 157 Å². The van der Waals surface area contributed by atoms with Crippen LogP contribution >= 0.6 is 0 Å². The molecule has 4 rings (SSSR count). The summed E-state index contributed by atoms with van der Waals surface area (Å²) in [6, 6.07) is 37.5. The smallest absolute Gasteiger partial charge is 0.381 e. The number of rotatable bonds is 0. The topological polar surface area (TPSA) is 9.23 Å². The molecule has 24 heavy (non-hydrogen) atoms. The van der Waals surface area contributed by atoms with Gasteiger partial charge in [-0.15, -0.1) is 0 Å². The molecule has 0 saturated carbocycles. The maximum Gasteiger partial charge on any atom is 3.00 e. The number of hydrogen-bond acceptors (Lipinski definition) is 1. The average Bonchev–Trinajstić information content (AvgIpc) is 3.27. The molecule has 0 spiro atoms. The molecule has 3 aromatic rings. The van der Waals surface area contributed by atoms with Crippen molar-refractivity contribution in [2.75, 3.05) is 13.2 Å². The minimum absolute atomic E-state index is 0. The Morgan fingerprint density at radius 3 is 0.833 bits per heavy atom. The molecule has 0 atom stereocenters. The Bertz CT molecular complexity index is 362. The van der Waals surface area contributed by atoms with Crippen LogP contribution in [0.15, 0.2) is 91.0 Å². The van der Waals surface area contributed by atoms with E-state index in [0.29, 0.717) is 0 Å². The molecule has 120 valence electrons. The van der Waals surface area contributed by atoms with Crippen LogP contribution in [0.5, 0.6) is 0 Å². The molecule has 1 fully saturated rings. The SMILES string of the molecule is C1CCOC1.[Al+3].[c-]1ccccc1.[c-]1ccccc1.[c-]1ccccc1. The van der Waals surface area contributed by atoms with Gasteiger partial charge in [0.15, 0.2) is 0 Å². The molecule has 2 heteroatoms. The van der Waals surface area contributed by atoms with Crippen LogP contribution in [-0.2, 0) is 4.74 Å². The van der Waals surface area contributed by atoms with Gasteiger partial charge >= 0.3 is 17.4 Å². The van der Waals surface area contributed by atoms with E-state index in [2.05, 4.69) is 18.2 Å². The molecule has 0 bridgehead atoms. The predicted octanol–water partition coefficient (Wildman–Crippen LogP) is 4.88. The van der Waals surface area contributed by atoms with Gasteiger partial charge in [-0.05, 0) is 12.8 Å². The third kappa shape index (κ3) is 16.5. The third-order valence-corrected chi connectivity index (χ3v) is 2.65. The number of hydrogen-bond donors (Lipinski definition) is 0. The number of ether oxygens (including phenoxy) is 1. The van der Waals surface area contributed by atoms with E-state index in [0.717, 1.165) is 13.2 Å². The molecular formula is C22H23AlO. The molecule has 0 amide bonds. The minimum atomic E-state index is 0. The molecule has 0 N–H and O–H groups in total. The van der Waals surface area contributed by atoms with Crippen molar-refractivity contribution in [2.45, 2.75) is 12.8 Å². The van der Waals surface area contributed by atoms with Gasteiger partial charge in [0, 0.05) is 13.2 Å². The van der Waals surface area contributed by atoms with Crippen molar-refractivity contribution in [1.82, 2.24) is 0 Å². The first-order valence-electron chi connectivity index (χ1n) is 7.81. The minimum Gasteiger partial charge on any atom is -0.381 e. The van der Waals surface area contributed by atoms with E-state index in [1.807, 2.05) is 91.0 Å². The molecule has 0 aliphatic carbocycles.